The molecule has 1 aliphatic carbocycles. The van der Waals surface area contributed by atoms with Gasteiger partial charge in [0.2, 0.25) is 0 Å². The summed E-state index contributed by atoms with van der Waals surface area (Å²) in [5, 5.41) is 0. The number of hydrogen-bond donors (Lipinski definition) is 1. The van der Waals surface area contributed by atoms with Crippen molar-refractivity contribution in [2.75, 3.05) is 6.61 Å². The Bertz CT molecular complexity index is 350. The van der Waals surface area contributed by atoms with Gasteiger partial charge in [0.1, 0.15) is 5.75 Å². The molecule has 0 aromatic heterocycles. The molecule has 88 valence electrons. The monoisotopic (exact) mass is 219 g/mol. The summed E-state index contributed by atoms with van der Waals surface area (Å²) < 4.78 is 5.69. The van der Waals surface area contributed by atoms with Crippen LogP contribution in [0.15, 0.2) is 24.3 Å². The van der Waals surface area contributed by atoms with E-state index in [1.807, 2.05) is 0 Å². The van der Waals surface area contributed by atoms with Crippen LogP contribution in [0.3, 0.4) is 0 Å². The fraction of sp³-hybridized carbons (Fsp3) is 0.571. The van der Waals surface area contributed by atoms with Gasteiger partial charge in [0.15, 0.2) is 0 Å². The number of rotatable bonds is 3. The van der Waals surface area contributed by atoms with Gasteiger partial charge in [-0.1, -0.05) is 32.9 Å². The van der Waals surface area contributed by atoms with E-state index in [1.54, 1.807) is 0 Å². The van der Waals surface area contributed by atoms with Crippen LogP contribution in [0.25, 0.3) is 0 Å². The topological polar surface area (TPSA) is 35.2 Å². The molecule has 2 heteroatoms. The number of hydrogen-bond acceptors (Lipinski definition) is 2. The molecule has 2 unspecified atom stereocenters. The molecule has 0 aliphatic heterocycles. The summed E-state index contributed by atoms with van der Waals surface area (Å²) in [4.78, 5) is 0. The summed E-state index contributed by atoms with van der Waals surface area (Å²) in [5.74, 6) is 1.52. The zero-order chi connectivity index (χ0) is 11.8. The first-order valence-electron chi connectivity index (χ1n) is 5.96. The van der Waals surface area contributed by atoms with Crippen molar-refractivity contribution in [3.8, 4) is 5.75 Å². The second-order valence-corrected chi connectivity index (χ2v) is 5.75. The van der Waals surface area contributed by atoms with Crippen LogP contribution in [0.1, 0.15) is 32.8 Å². The Kier molecular flexibility index (Phi) is 2.94. The van der Waals surface area contributed by atoms with Crippen molar-refractivity contribution < 1.29 is 4.74 Å². The molecule has 0 spiro atoms. The van der Waals surface area contributed by atoms with E-state index in [0.29, 0.717) is 12.0 Å². The molecule has 2 N–H and O–H groups in total. The summed E-state index contributed by atoms with van der Waals surface area (Å²) in [6.07, 6.45) is 1.11. The summed E-state index contributed by atoms with van der Waals surface area (Å²) in [7, 11) is 0. The summed E-state index contributed by atoms with van der Waals surface area (Å²) >= 11 is 0. The van der Waals surface area contributed by atoms with Gasteiger partial charge in [0.25, 0.3) is 0 Å². The SMILES string of the molecule is CC(C)(C)c1ccc(OCC2CC2N)cc1. The van der Waals surface area contributed by atoms with Gasteiger partial charge in [-0.3, -0.25) is 0 Å². The van der Waals surface area contributed by atoms with Crippen LogP contribution >= 0.6 is 0 Å². The van der Waals surface area contributed by atoms with E-state index < -0.39 is 0 Å². The zero-order valence-electron chi connectivity index (χ0n) is 10.4. The lowest BCUT2D eigenvalue weighted by molar-refractivity contribution is 0.297. The maximum atomic E-state index is 5.73. The lowest BCUT2D eigenvalue weighted by atomic mass is 9.87. The minimum atomic E-state index is 0.206. The predicted octanol–water partition coefficient (Wildman–Crippen LogP) is 2.71. The highest BCUT2D eigenvalue weighted by molar-refractivity contribution is 5.31. The van der Waals surface area contributed by atoms with E-state index in [-0.39, 0.29) is 5.41 Å². The average molecular weight is 219 g/mol. The lowest BCUT2D eigenvalue weighted by Crippen LogP contribution is -2.11. The van der Waals surface area contributed by atoms with Crippen LogP contribution in [-0.2, 0) is 5.41 Å². The number of benzene rings is 1. The third-order valence-electron chi connectivity index (χ3n) is 3.16. The van der Waals surface area contributed by atoms with Crippen molar-refractivity contribution in [2.24, 2.45) is 11.7 Å². The fourth-order valence-corrected chi connectivity index (χ4v) is 1.72. The summed E-state index contributed by atoms with van der Waals surface area (Å²) in [6.45, 7) is 7.40. The Labute approximate surface area is 97.8 Å². The van der Waals surface area contributed by atoms with E-state index in [0.717, 1.165) is 18.8 Å². The van der Waals surface area contributed by atoms with Crippen LogP contribution in [0.2, 0.25) is 0 Å². The van der Waals surface area contributed by atoms with Crippen molar-refractivity contribution in [2.45, 2.75) is 38.6 Å². The van der Waals surface area contributed by atoms with Crippen LogP contribution in [-0.4, -0.2) is 12.6 Å². The van der Waals surface area contributed by atoms with Gasteiger partial charge in [-0.2, -0.15) is 0 Å². The highest BCUT2D eigenvalue weighted by atomic mass is 16.5. The van der Waals surface area contributed by atoms with Gasteiger partial charge in [-0.25, -0.2) is 0 Å². The number of nitrogens with two attached hydrogens (primary N) is 1. The summed E-state index contributed by atoms with van der Waals surface area (Å²) in [5.41, 5.74) is 7.27. The molecular weight excluding hydrogens is 198 g/mol. The Morgan fingerprint density at radius 3 is 2.25 bits per heavy atom. The Hall–Kier alpha value is -1.02. The van der Waals surface area contributed by atoms with Crippen LogP contribution < -0.4 is 10.5 Å². The van der Waals surface area contributed by atoms with E-state index in [9.17, 15) is 0 Å². The lowest BCUT2D eigenvalue weighted by Gasteiger charge is -2.19. The molecule has 1 aromatic carbocycles. The molecule has 2 atom stereocenters. The van der Waals surface area contributed by atoms with E-state index in [4.69, 9.17) is 10.5 Å². The third kappa shape index (κ3) is 2.76. The first-order valence-corrected chi connectivity index (χ1v) is 5.96. The highest BCUT2D eigenvalue weighted by Gasteiger charge is 2.33. The summed E-state index contributed by atoms with van der Waals surface area (Å²) in [6, 6.07) is 8.75. The minimum absolute atomic E-state index is 0.206. The van der Waals surface area contributed by atoms with Gasteiger partial charge in [0.05, 0.1) is 6.61 Å². The Morgan fingerprint density at radius 1 is 1.25 bits per heavy atom. The molecule has 1 fully saturated rings. The van der Waals surface area contributed by atoms with Crippen LogP contribution in [0.5, 0.6) is 5.75 Å². The first kappa shape index (κ1) is 11.5. The standard InChI is InChI=1S/C14H21NO/c1-14(2,3)11-4-6-12(7-5-11)16-9-10-8-13(10)15/h4-7,10,13H,8-9,15H2,1-3H3. The van der Waals surface area contributed by atoms with Gasteiger partial charge in [-0.05, 0) is 29.5 Å². The van der Waals surface area contributed by atoms with E-state index in [1.165, 1.54) is 5.56 Å². The molecule has 0 heterocycles. The second-order valence-electron chi connectivity index (χ2n) is 5.75. The highest BCUT2D eigenvalue weighted by Crippen LogP contribution is 2.29. The maximum Gasteiger partial charge on any atom is 0.119 e. The Morgan fingerprint density at radius 2 is 1.81 bits per heavy atom. The van der Waals surface area contributed by atoms with Crippen molar-refractivity contribution in [1.82, 2.24) is 0 Å². The molecule has 2 nitrogen and oxygen atoms in total. The average Bonchev–Trinajstić information content (AvgIpc) is 2.91. The van der Waals surface area contributed by atoms with E-state index >= 15 is 0 Å². The molecule has 0 radical (unpaired) electrons. The molecule has 0 saturated heterocycles. The molecule has 0 bridgehead atoms. The van der Waals surface area contributed by atoms with Crippen LogP contribution in [0, 0.1) is 5.92 Å². The number of ether oxygens (including phenoxy) is 1. The van der Waals surface area contributed by atoms with Gasteiger partial charge in [-0.15, -0.1) is 0 Å². The molecule has 1 aliphatic rings. The first-order chi connectivity index (χ1) is 7.47. The predicted molar refractivity (Wildman–Crippen MR) is 66.7 cm³/mol. The van der Waals surface area contributed by atoms with Crippen molar-refractivity contribution in [3.63, 3.8) is 0 Å². The molecule has 16 heavy (non-hydrogen) atoms. The molecule has 2 rings (SSSR count). The molecule has 1 aromatic rings. The van der Waals surface area contributed by atoms with Gasteiger partial charge < -0.3 is 10.5 Å². The van der Waals surface area contributed by atoms with Crippen LogP contribution in [0.4, 0.5) is 0 Å². The van der Waals surface area contributed by atoms with Crippen molar-refractivity contribution in [3.05, 3.63) is 29.8 Å². The normalized spacial score (nSPS) is 24.2. The maximum absolute atomic E-state index is 5.73. The second kappa shape index (κ2) is 4.10. The van der Waals surface area contributed by atoms with Gasteiger partial charge >= 0.3 is 0 Å². The quantitative estimate of drug-likeness (QED) is 0.848. The largest absolute Gasteiger partial charge is 0.493 e. The van der Waals surface area contributed by atoms with Gasteiger partial charge in [0, 0.05) is 12.0 Å². The molecule has 1 saturated carbocycles. The minimum Gasteiger partial charge on any atom is -0.493 e. The zero-order valence-corrected chi connectivity index (χ0v) is 10.4. The van der Waals surface area contributed by atoms with Crippen molar-refractivity contribution >= 4 is 0 Å². The third-order valence-corrected chi connectivity index (χ3v) is 3.16. The fourth-order valence-electron chi connectivity index (χ4n) is 1.72. The molecule has 0 amide bonds. The Balaban J connectivity index is 1.91. The van der Waals surface area contributed by atoms with E-state index in [2.05, 4.69) is 45.0 Å². The smallest absolute Gasteiger partial charge is 0.119 e. The molecular formula is C14H21NO. The van der Waals surface area contributed by atoms with Crippen molar-refractivity contribution in [1.29, 1.82) is 0 Å².